The lowest BCUT2D eigenvalue weighted by Gasteiger charge is -2.34. The zero-order valence-corrected chi connectivity index (χ0v) is 14.9. The fraction of sp³-hybridized carbons (Fsp3) is 0.500. The van der Waals surface area contributed by atoms with E-state index in [1.54, 1.807) is 15.9 Å². The highest BCUT2D eigenvalue weighted by atomic mass is 16.2. The maximum absolute atomic E-state index is 12.2. The molecule has 7 heteroatoms. The number of hydrogen-bond acceptors (Lipinski definition) is 3. The third kappa shape index (κ3) is 5.20. The molecule has 1 heterocycles. The predicted molar refractivity (Wildman–Crippen MR) is 95.4 cm³/mol. The van der Waals surface area contributed by atoms with Gasteiger partial charge in [-0.05, 0) is 25.5 Å². The van der Waals surface area contributed by atoms with E-state index in [0.29, 0.717) is 44.8 Å². The van der Waals surface area contributed by atoms with E-state index < -0.39 is 0 Å². The third-order valence-corrected chi connectivity index (χ3v) is 4.26. The van der Waals surface area contributed by atoms with Gasteiger partial charge in [-0.1, -0.05) is 18.2 Å². The van der Waals surface area contributed by atoms with Crippen LogP contribution in [0.2, 0.25) is 0 Å². The van der Waals surface area contributed by atoms with Gasteiger partial charge in [0.05, 0.1) is 0 Å². The highest BCUT2D eigenvalue weighted by Crippen LogP contribution is 2.07. The van der Waals surface area contributed by atoms with Crippen molar-refractivity contribution in [1.29, 1.82) is 0 Å². The number of nitrogens with zero attached hydrogens (tertiary/aromatic N) is 2. The number of piperazine rings is 1. The van der Waals surface area contributed by atoms with Crippen LogP contribution in [-0.4, -0.2) is 66.9 Å². The molecule has 0 bridgehead atoms. The second-order valence-electron chi connectivity index (χ2n) is 6.02. The smallest absolute Gasteiger partial charge is 0.317 e. The lowest BCUT2D eigenvalue weighted by atomic mass is 10.1. The van der Waals surface area contributed by atoms with Gasteiger partial charge in [0.2, 0.25) is 5.91 Å². The number of rotatable bonds is 5. The fourth-order valence-electron chi connectivity index (χ4n) is 2.79. The van der Waals surface area contributed by atoms with E-state index in [1.165, 1.54) is 0 Å². The molecule has 0 radical (unpaired) electrons. The number of amides is 4. The molecule has 1 aromatic carbocycles. The first-order valence-corrected chi connectivity index (χ1v) is 8.67. The van der Waals surface area contributed by atoms with Crippen LogP contribution in [0.5, 0.6) is 0 Å². The molecule has 2 N–H and O–H groups in total. The van der Waals surface area contributed by atoms with Gasteiger partial charge in [0.15, 0.2) is 0 Å². The first-order valence-electron chi connectivity index (χ1n) is 8.67. The molecule has 0 spiro atoms. The predicted octanol–water partition coefficient (Wildman–Crippen LogP) is 0.989. The summed E-state index contributed by atoms with van der Waals surface area (Å²) in [6.45, 7) is 6.79. The van der Waals surface area contributed by atoms with Gasteiger partial charge in [0.25, 0.3) is 5.91 Å². The van der Waals surface area contributed by atoms with Crippen LogP contribution in [0, 0.1) is 6.92 Å². The van der Waals surface area contributed by atoms with Crippen molar-refractivity contribution < 1.29 is 14.4 Å². The number of carbonyl (C=O) groups excluding carboxylic acids is 3. The van der Waals surface area contributed by atoms with Crippen LogP contribution in [-0.2, 0) is 4.79 Å². The molecule has 7 nitrogen and oxygen atoms in total. The van der Waals surface area contributed by atoms with Crippen molar-refractivity contribution in [3.8, 4) is 0 Å². The van der Waals surface area contributed by atoms with Crippen LogP contribution in [0.4, 0.5) is 4.79 Å². The summed E-state index contributed by atoms with van der Waals surface area (Å²) >= 11 is 0. The van der Waals surface area contributed by atoms with Gasteiger partial charge < -0.3 is 20.4 Å². The minimum absolute atomic E-state index is 0.000586. The lowest BCUT2D eigenvalue weighted by molar-refractivity contribution is -0.132. The Hall–Kier alpha value is -2.57. The maximum Gasteiger partial charge on any atom is 0.317 e. The molecule has 1 saturated heterocycles. The molecule has 0 saturated carbocycles. The zero-order valence-electron chi connectivity index (χ0n) is 14.9. The van der Waals surface area contributed by atoms with Crippen molar-refractivity contribution in [3.63, 3.8) is 0 Å². The van der Waals surface area contributed by atoms with Crippen LogP contribution in [0.25, 0.3) is 0 Å². The van der Waals surface area contributed by atoms with Gasteiger partial charge >= 0.3 is 6.03 Å². The Labute approximate surface area is 148 Å². The van der Waals surface area contributed by atoms with Gasteiger partial charge in [-0.2, -0.15) is 0 Å². The highest BCUT2D eigenvalue weighted by molar-refractivity contribution is 5.95. The Morgan fingerprint density at radius 2 is 1.64 bits per heavy atom. The van der Waals surface area contributed by atoms with E-state index in [-0.39, 0.29) is 24.3 Å². The molecule has 1 fully saturated rings. The van der Waals surface area contributed by atoms with E-state index in [2.05, 4.69) is 10.6 Å². The third-order valence-electron chi connectivity index (χ3n) is 4.26. The number of urea groups is 1. The number of aryl methyl sites for hydroxylation is 1. The minimum atomic E-state index is -0.160. The van der Waals surface area contributed by atoms with Crippen LogP contribution in [0.1, 0.15) is 29.3 Å². The molecule has 0 aromatic heterocycles. The quantitative estimate of drug-likeness (QED) is 0.834. The van der Waals surface area contributed by atoms with E-state index in [1.807, 2.05) is 32.0 Å². The minimum Gasteiger partial charge on any atom is -0.352 e. The van der Waals surface area contributed by atoms with Crippen molar-refractivity contribution >= 4 is 17.8 Å². The van der Waals surface area contributed by atoms with Gasteiger partial charge in [0.1, 0.15) is 0 Å². The Bertz CT molecular complexity index is 625. The monoisotopic (exact) mass is 346 g/mol. The summed E-state index contributed by atoms with van der Waals surface area (Å²) in [6, 6.07) is 7.28. The summed E-state index contributed by atoms with van der Waals surface area (Å²) < 4.78 is 0. The summed E-state index contributed by atoms with van der Waals surface area (Å²) in [5.41, 5.74) is 1.54. The number of benzene rings is 1. The van der Waals surface area contributed by atoms with E-state index in [0.717, 1.165) is 5.56 Å². The topological polar surface area (TPSA) is 81.8 Å². The summed E-state index contributed by atoms with van der Waals surface area (Å²) in [6.07, 6.45) is 0.263. The summed E-state index contributed by atoms with van der Waals surface area (Å²) in [5.74, 6) is -0.160. The van der Waals surface area contributed by atoms with Crippen molar-refractivity contribution in [2.24, 2.45) is 0 Å². The molecular formula is C18H26N4O3. The van der Waals surface area contributed by atoms with Crippen LogP contribution in [0.15, 0.2) is 24.3 Å². The van der Waals surface area contributed by atoms with E-state index in [9.17, 15) is 14.4 Å². The largest absolute Gasteiger partial charge is 0.352 e. The fourth-order valence-corrected chi connectivity index (χ4v) is 2.79. The Morgan fingerprint density at radius 1 is 1.00 bits per heavy atom. The van der Waals surface area contributed by atoms with Gasteiger partial charge in [-0.25, -0.2) is 4.79 Å². The van der Waals surface area contributed by atoms with Gasteiger partial charge in [0, 0.05) is 51.3 Å². The lowest BCUT2D eigenvalue weighted by Crippen LogP contribution is -2.53. The van der Waals surface area contributed by atoms with Crippen molar-refractivity contribution in [2.45, 2.75) is 20.3 Å². The number of hydrogen-bond donors (Lipinski definition) is 2. The molecule has 1 aromatic rings. The molecule has 0 aliphatic carbocycles. The highest BCUT2D eigenvalue weighted by Gasteiger charge is 2.23. The molecule has 136 valence electrons. The molecule has 1 aliphatic heterocycles. The normalized spacial score (nSPS) is 14.2. The van der Waals surface area contributed by atoms with Crippen molar-refractivity contribution in [2.75, 3.05) is 39.3 Å². The number of carbonyl (C=O) groups is 3. The second-order valence-corrected chi connectivity index (χ2v) is 6.02. The molecule has 25 heavy (non-hydrogen) atoms. The van der Waals surface area contributed by atoms with Gasteiger partial charge in [-0.15, -0.1) is 0 Å². The van der Waals surface area contributed by atoms with Crippen LogP contribution < -0.4 is 10.6 Å². The summed E-state index contributed by atoms with van der Waals surface area (Å²) in [5, 5.41) is 5.55. The summed E-state index contributed by atoms with van der Waals surface area (Å²) in [4.78, 5) is 39.6. The first-order chi connectivity index (χ1) is 12.0. The Balaban J connectivity index is 1.72. The summed E-state index contributed by atoms with van der Waals surface area (Å²) in [7, 11) is 0. The average molecular weight is 346 g/mol. The molecule has 2 rings (SSSR count). The zero-order chi connectivity index (χ0) is 18.2. The molecule has 1 aliphatic rings. The Kier molecular flexibility index (Phi) is 6.80. The van der Waals surface area contributed by atoms with Crippen LogP contribution >= 0.6 is 0 Å². The molecule has 0 atom stereocenters. The van der Waals surface area contributed by atoms with Gasteiger partial charge in [-0.3, -0.25) is 9.59 Å². The maximum atomic E-state index is 12.2. The second kappa shape index (κ2) is 9.05. The standard InChI is InChI=1S/C18H26N4O3/c1-3-19-18(25)22-12-10-21(11-13-22)16(23)8-9-20-17(24)15-7-5-4-6-14(15)2/h4-7H,3,8-13H2,1-2H3,(H,19,25)(H,20,24). The molecule has 0 unspecified atom stereocenters. The van der Waals surface area contributed by atoms with Crippen molar-refractivity contribution in [3.05, 3.63) is 35.4 Å². The van der Waals surface area contributed by atoms with E-state index >= 15 is 0 Å². The Morgan fingerprint density at radius 3 is 2.28 bits per heavy atom. The molecule has 4 amide bonds. The van der Waals surface area contributed by atoms with Crippen molar-refractivity contribution in [1.82, 2.24) is 20.4 Å². The first kappa shape index (κ1) is 18.8. The van der Waals surface area contributed by atoms with Crippen LogP contribution in [0.3, 0.4) is 0 Å². The average Bonchev–Trinajstić information content (AvgIpc) is 2.62. The molecular weight excluding hydrogens is 320 g/mol. The van der Waals surface area contributed by atoms with E-state index in [4.69, 9.17) is 0 Å². The SMILES string of the molecule is CCNC(=O)N1CCN(C(=O)CCNC(=O)c2ccccc2C)CC1. The number of nitrogens with one attached hydrogen (secondary N) is 2.